The highest BCUT2D eigenvalue weighted by Gasteiger charge is 2.30. The van der Waals surface area contributed by atoms with Gasteiger partial charge in [-0.2, -0.15) is 0 Å². The quantitative estimate of drug-likeness (QED) is 0.626. The molecule has 0 saturated heterocycles. The number of carbonyl (C=O) groups is 1. The summed E-state index contributed by atoms with van der Waals surface area (Å²) in [7, 11) is 0. The van der Waals surface area contributed by atoms with Crippen LogP contribution in [0, 0.1) is 17.0 Å². The van der Waals surface area contributed by atoms with Crippen LogP contribution in [0.4, 0.5) is 14.5 Å². The Morgan fingerprint density at radius 3 is 2.56 bits per heavy atom. The molecule has 0 bridgehead atoms. The lowest BCUT2D eigenvalue weighted by Crippen LogP contribution is -2.16. The fourth-order valence-electron chi connectivity index (χ4n) is 1.26. The van der Waals surface area contributed by atoms with Gasteiger partial charge >= 0.3 is 0 Å². The fraction of sp³-hybridized carbons (Fsp3) is 0.250. The highest BCUT2D eigenvalue weighted by molar-refractivity contribution is 5.95. The number of nitrogens with two attached hydrogens (primary N) is 1. The topological polar surface area (TPSA) is 99.1 Å². The number of carbonyl (C=O) groups excluding carboxylic acids is 1. The van der Waals surface area contributed by atoms with E-state index in [0.717, 1.165) is 6.20 Å². The maximum atomic E-state index is 12.6. The van der Waals surface area contributed by atoms with Gasteiger partial charge in [-0.05, 0) is 6.92 Å². The van der Waals surface area contributed by atoms with E-state index in [1.165, 1.54) is 6.92 Å². The van der Waals surface area contributed by atoms with Gasteiger partial charge in [0.1, 0.15) is 11.3 Å². The van der Waals surface area contributed by atoms with E-state index in [2.05, 4.69) is 4.98 Å². The van der Waals surface area contributed by atoms with Gasteiger partial charge in [0, 0.05) is 6.20 Å². The van der Waals surface area contributed by atoms with Gasteiger partial charge in [0.2, 0.25) is 0 Å². The second kappa shape index (κ2) is 4.17. The summed E-state index contributed by atoms with van der Waals surface area (Å²) < 4.78 is 25.3. The molecule has 6 nitrogen and oxygen atoms in total. The monoisotopic (exact) mass is 231 g/mol. The molecule has 0 atom stereocenters. The van der Waals surface area contributed by atoms with Crippen LogP contribution in [0.25, 0.3) is 0 Å². The molecule has 1 aromatic heterocycles. The maximum Gasteiger partial charge on any atom is 0.300 e. The third kappa shape index (κ3) is 1.95. The van der Waals surface area contributed by atoms with Gasteiger partial charge in [-0.15, -0.1) is 0 Å². The minimum absolute atomic E-state index is 0.190. The Hall–Kier alpha value is -2.12. The number of amides is 1. The molecule has 0 aromatic carbocycles. The summed E-state index contributed by atoms with van der Waals surface area (Å²) in [4.78, 5) is 23.9. The molecule has 0 fully saturated rings. The van der Waals surface area contributed by atoms with E-state index in [1.54, 1.807) is 0 Å². The van der Waals surface area contributed by atoms with E-state index < -0.39 is 34.1 Å². The van der Waals surface area contributed by atoms with Crippen molar-refractivity contribution in [2.75, 3.05) is 0 Å². The number of nitro groups is 1. The van der Waals surface area contributed by atoms with Crippen LogP contribution in [0.15, 0.2) is 6.20 Å². The summed E-state index contributed by atoms with van der Waals surface area (Å²) in [6.07, 6.45) is -2.35. The molecule has 1 amide bonds. The molecule has 0 spiro atoms. The first-order valence-electron chi connectivity index (χ1n) is 4.08. The van der Waals surface area contributed by atoms with E-state index in [1.807, 2.05) is 0 Å². The van der Waals surface area contributed by atoms with Crippen LogP contribution in [0.5, 0.6) is 0 Å². The number of nitrogens with zero attached hydrogens (tertiary/aromatic N) is 2. The van der Waals surface area contributed by atoms with Crippen molar-refractivity contribution < 1.29 is 18.5 Å². The summed E-state index contributed by atoms with van der Waals surface area (Å²) in [6.45, 7) is 1.20. The molecule has 86 valence electrons. The van der Waals surface area contributed by atoms with Crippen molar-refractivity contribution in [2.24, 2.45) is 5.73 Å². The lowest BCUT2D eigenvalue weighted by atomic mass is 10.1. The summed E-state index contributed by atoms with van der Waals surface area (Å²) >= 11 is 0. The van der Waals surface area contributed by atoms with E-state index in [9.17, 15) is 23.7 Å². The molecule has 0 saturated carbocycles. The minimum Gasteiger partial charge on any atom is -0.366 e. The van der Waals surface area contributed by atoms with Gasteiger partial charge in [-0.1, -0.05) is 0 Å². The van der Waals surface area contributed by atoms with Crippen LogP contribution in [-0.2, 0) is 0 Å². The molecule has 0 aliphatic heterocycles. The van der Waals surface area contributed by atoms with Crippen LogP contribution in [0.3, 0.4) is 0 Å². The zero-order chi connectivity index (χ0) is 12.5. The molecule has 1 heterocycles. The average molecular weight is 231 g/mol. The molecule has 0 aliphatic carbocycles. The van der Waals surface area contributed by atoms with Crippen molar-refractivity contribution in [1.82, 2.24) is 4.98 Å². The smallest absolute Gasteiger partial charge is 0.300 e. The summed E-state index contributed by atoms with van der Waals surface area (Å²) in [5.41, 5.74) is 2.16. The molecular weight excluding hydrogens is 224 g/mol. The zero-order valence-electron chi connectivity index (χ0n) is 8.11. The lowest BCUT2D eigenvalue weighted by Gasteiger charge is -2.07. The SMILES string of the molecule is Cc1ncc(C(N)=O)c(C(F)F)c1[N+](=O)[O-]. The Labute approximate surface area is 88.2 Å². The highest BCUT2D eigenvalue weighted by atomic mass is 19.3. The van der Waals surface area contributed by atoms with Gasteiger partial charge in [-0.3, -0.25) is 19.9 Å². The molecule has 1 rings (SSSR count). The van der Waals surface area contributed by atoms with Crippen molar-refractivity contribution in [3.05, 3.63) is 33.1 Å². The Kier molecular flexibility index (Phi) is 3.11. The van der Waals surface area contributed by atoms with E-state index >= 15 is 0 Å². The van der Waals surface area contributed by atoms with Crippen LogP contribution < -0.4 is 5.73 Å². The van der Waals surface area contributed by atoms with Gasteiger partial charge in [0.05, 0.1) is 10.5 Å². The fourth-order valence-corrected chi connectivity index (χ4v) is 1.26. The first kappa shape index (κ1) is 12.0. The largest absolute Gasteiger partial charge is 0.366 e. The number of rotatable bonds is 3. The normalized spacial score (nSPS) is 10.5. The Morgan fingerprint density at radius 1 is 1.62 bits per heavy atom. The summed E-state index contributed by atoms with van der Waals surface area (Å²) in [5.74, 6) is -1.18. The molecule has 0 radical (unpaired) electrons. The van der Waals surface area contributed by atoms with Crippen molar-refractivity contribution in [1.29, 1.82) is 0 Å². The summed E-state index contributed by atoms with van der Waals surface area (Å²) in [5, 5.41) is 10.6. The Morgan fingerprint density at radius 2 is 2.19 bits per heavy atom. The molecule has 16 heavy (non-hydrogen) atoms. The summed E-state index contributed by atoms with van der Waals surface area (Å²) in [6, 6.07) is 0. The number of pyridine rings is 1. The number of primary amides is 1. The maximum absolute atomic E-state index is 12.6. The van der Waals surface area contributed by atoms with E-state index in [0.29, 0.717) is 0 Å². The molecule has 2 N–H and O–H groups in total. The first-order chi connectivity index (χ1) is 7.36. The number of hydrogen-bond donors (Lipinski definition) is 1. The first-order valence-corrected chi connectivity index (χ1v) is 4.08. The third-order valence-electron chi connectivity index (χ3n) is 1.94. The predicted octanol–water partition coefficient (Wildman–Crippen LogP) is 1.33. The lowest BCUT2D eigenvalue weighted by molar-refractivity contribution is -0.387. The van der Waals surface area contributed by atoms with Crippen molar-refractivity contribution in [3.63, 3.8) is 0 Å². The zero-order valence-corrected chi connectivity index (χ0v) is 8.11. The van der Waals surface area contributed by atoms with Crippen LogP contribution in [0.1, 0.15) is 28.0 Å². The van der Waals surface area contributed by atoms with E-state index in [-0.39, 0.29) is 5.69 Å². The third-order valence-corrected chi connectivity index (χ3v) is 1.94. The average Bonchev–Trinajstić information content (AvgIpc) is 2.15. The molecule has 0 unspecified atom stereocenters. The Bertz CT molecular complexity index is 462. The van der Waals surface area contributed by atoms with Crippen LogP contribution >= 0.6 is 0 Å². The Balaban J connectivity index is 3.63. The number of halogens is 2. The van der Waals surface area contributed by atoms with Crippen molar-refractivity contribution >= 4 is 11.6 Å². The van der Waals surface area contributed by atoms with Crippen LogP contribution in [0.2, 0.25) is 0 Å². The number of hydrogen-bond acceptors (Lipinski definition) is 4. The van der Waals surface area contributed by atoms with Crippen molar-refractivity contribution in [2.45, 2.75) is 13.3 Å². The second-order valence-corrected chi connectivity index (χ2v) is 2.94. The van der Waals surface area contributed by atoms with Gasteiger partial charge in [-0.25, -0.2) is 8.78 Å². The second-order valence-electron chi connectivity index (χ2n) is 2.94. The highest BCUT2D eigenvalue weighted by Crippen LogP contribution is 2.33. The standard InChI is InChI=1S/C8H7F2N3O3/c1-3-6(13(15)16)5(7(9)10)4(2-12-3)8(11)14/h2,7H,1H3,(H2,11,14). The predicted molar refractivity (Wildman–Crippen MR) is 49.1 cm³/mol. The van der Waals surface area contributed by atoms with Crippen LogP contribution in [-0.4, -0.2) is 15.8 Å². The van der Waals surface area contributed by atoms with Gasteiger partial charge in [0.25, 0.3) is 18.0 Å². The minimum atomic E-state index is -3.16. The number of alkyl halides is 2. The number of aromatic nitrogens is 1. The molecule has 0 aliphatic rings. The van der Waals surface area contributed by atoms with Crippen molar-refractivity contribution in [3.8, 4) is 0 Å². The molecule has 1 aromatic rings. The molecule has 8 heteroatoms. The number of aryl methyl sites for hydroxylation is 1. The molecular formula is C8H7F2N3O3. The van der Waals surface area contributed by atoms with E-state index in [4.69, 9.17) is 5.73 Å². The van der Waals surface area contributed by atoms with Gasteiger partial charge < -0.3 is 5.73 Å². The van der Waals surface area contributed by atoms with Gasteiger partial charge in [0.15, 0.2) is 0 Å².